The molecule has 0 saturated heterocycles. The first-order valence-corrected chi connectivity index (χ1v) is 16.3. The molecule has 0 unspecified atom stereocenters. The van der Waals surface area contributed by atoms with Crippen LogP contribution in [0.4, 0.5) is 17.1 Å². The lowest BCUT2D eigenvalue weighted by atomic mass is 9.45. The average molecular weight is 532 g/mol. The van der Waals surface area contributed by atoms with Crippen LogP contribution >= 0.6 is 10.0 Å². The maximum Gasteiger partial charge on any atom is 0.333 e. The molecule has 3 nitrogen and oxygen atoms in total. The van der Waals surface area contributed by atoms with Crippen LogP contribution in [-0.4, -0.2) is 23.8 Å². The molecule has 0 fully saturated rings. The summed E-state index contributed by atoms with van der Waals surface area (Å²) in [5, 5.41) is 2.38. The second-order valence-corrected chi connectivity index (χ2v) is 15.4. The second-order valence-electron chi connectivity index (χ2n) is 11.8. The molecule has 7 aromatic rings. The molecular formula is C35H25BN2OS. The molecule has 5 heterocycles. The zero-order chi connectivity index (χ0) is 26.5. The van der Waals surface area contributed by atoms with E-state index in [2.05, 4.69) is 126 Å². The van der Waals surface area contributed by atoms with Gasteiger partial charge >= 0.3 is 6.85 Å². The van der Waals surface area contributed by atoms with E-state index in [1.807, 2.05) is 0 Å². The van der Waals surface area contributed by atoms with Gasteiger partial charge < -0.3 is 13.8 Å². The summed E-state index contributed by atoms with van der Waals surface area (Å²) in [5.41, 5.74) is 15.1. The molecule has 0 amide bonds. The number of benzene rings is 5. The Balaban J connectivity index is 1.45. The number of aryl methyl sites for hydroxylation is 1. The zero-order valence-corrected chi connectivity index (χ0v) is 23.3. The van der Waals surface area contributed by atoms with Crippen LogP contribution in [0.15, 0.2) is 111 Å². The van der Waals surface area contributed by atoms with Crippen molar-refractivity contribution in [3.63, 3.8) is 0 Å². The highest BCUT2D eigenvalue weighted by Gasteiger charge is 2.47. The number of anilines is 3. The Labute approximate surface area is 234 Å². The molecule has 190 valence electrons. The highest BCUT2D eigenvalue weighted by molar-refractivity contribution is 8.33. The third kappa shape index (κ3) is 2.27. The van der Waals surface area contributed by atoms with Crippen molar-refractivity contribution in [2.75, 3.05) is 17.4 Å². The summed E-state index contributed by atoms with van der Waals surface area (Å²) >= 11 is 0. The number of nitrogens with zero attached hydrogens (tertiary/aromatic N) is 2. The zero-order valence-electron chi connectivity index (χ0n) is 22.5. The van der Waals surface area contributed by atoms with Crippen LogP contribution in [-0.2, 0) is 0 Å². The molecule has 40 heavy (non-hydrogen) atoms. The van der Waals surface area contributed by atoms with Crippen LogP contribution in [0.5, 0.6) is 0 Å². The Morgan fingerprint density at radius 3 is 2.40 bits per heavy atom. The van der Waals surface area contributed by atoms with Crippen molar-refractivity contribution in [2.45, 2.75) is 16.7 Å². The van der Waals surface area contributed by atoms with Crippen molar-refractivity contribution in [1.29, 1.82) is 0 Å². The standard InChI is InChI=1S/C35H25BN2OS/c1-20-18-24-21-11-8-12-23-32(21)38(33-22-10-4-6-15-28(22)39-35(23)33)36-25-13-9-17-30-34(25)37(27(19-20)31(24)36)26-14-5-7-16-29(26)40(30,2)3/h4-19H,1-3H3. The van der Waals surface area contributed by atoms with E-state index in [-0.39, 0.29) is 6.85 Å². The molecule has 0 bridgehead atoms. The summed E-state index contributed by atoms with van der Waals surface area (Å²) in [7, 11) is -1.20. The molecule has 5 aromatic carbocycles. The number of rotatable bonds is 0. The molecule has 10 rings (SSSR count). The van der Waals surface area contributed by atoms with Crippen LogP contribution in [0.3, 0.4) is 0 Å². The van der Waals surface area contributed by atoms with Gasteiger partial charge in [-0.1, -0.05) is 54.6 Å². The third-order valence-electron chi connectivity index (χ3n) is 9.45. The molecule has 3 aliphatic heterocycles. The van der Waals surface area contributed by atoms with Gasteiger partial charge in [0, 0.05) is 37.3 Å². The summed E-state index contributed by atoms with van der Waals surface area (Å²) in [4.78, 5) is 5.50. The van der Waals surface area contributed by atoms with Gasteiger partial charge in [-0.2, -0.15) is 10.0 Å². The van der Waals surface area contributed by atoms with Crippen LogP contribution in [0, 0.1) is 6.92 Å². The topological polar surface area (TPSA) is 21.3 Å². The third-order valence-corrected chi connectivity index (χ3v) is 12.3. The Hall–Kier alpha value is -4.35. The van der Waals surface area contributed by atoms with Gasteiger partial charge in [0.15, 0.2) is 5.58 Å². The van der Waals surface area contributed by atoms with Gasteiger partial charge in [-0.15, -0.1) is 0 Å². The average Bonchev–Trinajstić information content (AvgIpc) is 3.50. The van der Waals surface area contributed by atoms with E-state index in [0.717, 1.165) is 11.2 Å². The van der Waals surface area contributed by atoms with Gasteiger partial charge in [-0.05, 0) is 84.0 Å². The van der Waals surface area contributed by atoms with Gasteiger partial charge in [-0.25, -0.2) is 0 Å². The summed E-state index contributed by atoms with van der Waals surface area (Å²) in [6, 6.07) is 36.2. The summed E-state index contributed by atoms with van der Waals surface area (Å²) in [6.07, 6.45) is 4.92. The highest BCUT2D eigenvalue weighted by Crippen LogP contribution is 2.67. The molecule has 2 aromatic heterocycles. The van der Waals surface area contributed by atoms with Crippen molar-refractivity contribution < 1.29 is 4.42 Å². The minimum Gasteiger partial charge on any atom is -0.454 e. The minimum absolute atomic E-state index is 0.0631. The van der Waals surface area contributed by atoms with Gasteiger partial charge in [0.25, 0.3) is 0 Å². The molecule has 5 heteroatoms. The van der Waals surface area contributed by atoms with E-state index in [1.165, 1.54) is 76.3 Å². The lowest BCUT2D eigenvalue weighted by Crippen LogP contribution is -2.57. The van der Waals surface area contributed by atoms with E-state index < -0.39 is 10.0 Å². The fourth-order valence-corrected chi connectivity index (χ4v) is 10.3. The van der Waals surface area contributed by atoms with Crippen LogP contribution in [0.2, 0.25) is 0 Å². The van der Waals surface area contributed by atoms with E-state index in [1.54, 1.807) is 0 Å². The van der Waals surface area contributed by atoms with Crippen molar-refractivity contribution in [3.05, 3.63) is 103 Å². The number of furan rings is 1. The molecule has 0 spiro atoms. The maximum atomic E-state index is 6.61. The molecule has 0 saturated carbocycles. The smallest absolute Gasteiger partial charge is 0.333 e. The largest absolute Gasteiger partial charge is 0.454 e. The Bertz CT molecular complexity index is 2290. The number of aromatic nitrogens is 1. The normalized spacial score (nSPS) is 16.3. The van der Waals surface area contributed by atoms with E-state index in [0.29, 0.717) is 0 Å². The van der Waals surface area contributed by atoms with Crippen molar-refractivity contribution in [1.82, 2.24) is 4.48 Å². The Morgan fingerprint density at radius 2 is 1.48 bits per heavy atom. The van der Waals surface area contributed by atoms with E-state index in [9.17, 15) is 0 Å². The van der Waals surface area contributed by atoms with Gasteiger partial charge in [-0.3, -0.25) is 0 Å². The predicted octanol–water partition coefficient (Wildman–Crippen LogP) is 8.06. The SMILES string of the molecule is Cc1cc2c3c(c1)N1c4ccccc4S(C)(C)c4cccc(c41)B3n1c3c-2cccc3c2oc3ccccc3c21. The first-order valence-electron chi connectivity index (χ1n) is 13.9. The van der Waals surface area contributed by atoms with Crippen LogP contribution < -0.4 is 15.8 Å². The number of fused-ring (bicyclic) bond motifs is 11. The summed E-state index contributed by atoms with van der Waals surface area (Å²) in [6.45, 7) is 2.30. The van der Waals surface area contributed by atoms with Crippen LogP contribution in [0.25, 0.3) is 44.1 Å². The van der Waals surface area contributed by atoms with Gasteiger partial charge in [0.1, 0.15) is 5.58 Å². The quantitative estimate of drug-likeness (QED) is 0.184. The van der Waals surface area contributed by atoms with Crippen molar-refractivity contribution >= 4 is 77.8 Å². The molecule has 3 aliphatic rings. The monoisotopic (exact) mass is 532 g/mol. The molecule has 0 atom stereocenters. The Morgan fingerprint density at radius 1 is 0.700 bits per heavy atom. The van der Waals surface area contributed by atoms with Gasteiger partial charge in [0.2, 0.25) is 0 Å². The minimum atomic E-state index is -1.20. The summed E-state index contributed by atoms with van der Waals surface area (Å²) in [5.74, 6) is 0. The first-order chi connectivity index (χ1) is 19.5. The lowest BCUT2D eigenvalue weighted by molar-refractivity contribution is 0.673. The van der Waals surface area contributed by atoms with Crippen molar-refractivity contribution in [2.24, 2.45) is 0 Å². The Kier molecular flexibility index (Phi) is 3.68. The molecule has 0 radical (unpaired) electrons. The maximum absolute atomic E-state index is 6.61. The second kappa shape index (κ2) is 6.86. The van der Waals surface area contributed by atoms with Gasteiger partial charge in [0.05, 0.1) is 16.9 Å². The number of hydrogen-bond donors (Lipinski definition) is 0. The van der Waals surface area contributed by atoms with Crippen molar-refractivity contribution in [3.8, 4) is 11.1 Å². The first kappa shape index (κ1) is 21.5. The van der Waals surface area contributed by atoms with E-state index >= 15 is 0 Å². The number of para-hydroxylation sites is 4. The number of hydrogen-bond acceptors (Lipinski definition) is 2. The lowest BCUT2D eigenvalue weighted by Gasteiger charge is -2.49. The predicted molar refractivity (Wildman–Crippen MR) is 170 cm³/mol. The van der Waals surface area contributed by atoms with E-state index in [4.69, 9.17) is 4.42 Å². The van der Waals surface area contributed by atoms with Crippen LogP contribution in [0.1, 0.15) is 5.56 Å². The highest BCUT2D eigenvalue weighted by atomic mass is 32.3. The summed E-state index contributed by atoms with van der Waals surface area (Å²) < 4.78 is 9.23. The molecule has 0 aliphatic carbocycles. The molecular weight excluding hydrogens is 507 g/mol. The fraction of sp³-hybridized carbons (Fsp3) is 0.0857. The fourth-order valence-electron chi connectivity index (χ4n) is 7.90. The molecule has 0 N–H and O–H groups in total.